The van der Waals surface area contributed by atoms with Crippen molar-refractivity contribution in [3.8, 4) is 11.5 Å². The molecular formula is C14H10ClFN2O3S. The summed E-state index contributed by atoms with van der Waals surface area (Å²) >= 11 is 5.78. The Labute approximate surface area is 130 Å². The molecule has 3 rings (SSSR count). The zero-order valence-electron chi connectivity index (χ0n) is 11.3. The Bertz CT molecular complexity index is 949. The van der Waals surface area contributed by atoms with Crippen molar-refractivity contribution in [2.45, 2.75) is 4.90 Å². The molecule has 0 spiro atoms. The second kappa shape index (κ2) is 5.26. The third-order valence-corrected chi connectivity index (χ3v) is 4.36. The van der Waals surface area contributed by atoms with Crippen LogP contribution in [0.1, 0.15) is 0 Å². The monoisotopic (exact) mass is 340 g/mol. The fraction of sp³-hybridized carbons (Fsp3) is 0.0714. The molecule has 1 N–H and O–H groups in total. The number of aromatic amines is 1. The molecule has 0 saturated heterocycles. The van der Waals surface area contributed by atoms with Crippen LogP contribution in [0.15, 0.2) is 41.4 Å². The molecule has 0 aliphatic heterocycles. The molecule has 8 heteroatoms. The number of hydrogen-bond donors (Lipinski definition) is 1. The van der Waals surface area contributed by atoms with E-state index in [1.165, 1.54) is 30.5 Å². The van der Waals surface area contributed by atoms with Gasteiger partial charge in [-0.2, -0.15) is 5.10 Å². The average molecular weight is 341 g/mol. The van der Waals surface area contributed by atoms with Crippen LogP contribution in [0, 0.1) is 5.82 Å². The van der Waals surface area contributed by atoms with Gasteiger partial charge in [-0.15, -0.1) is 0 Å². The molecule has 0 amide bonds. The van der Waals surface area contributed by atoms with Crippen LogP contribution in [-0.4, -0.2) is 24.9 Å². The largest absolute Gasteiger partial charge is 0.456 e. The number of halogens is 2. The lowest BCUT2D eigenvalue weighted by molar-refractivity contribution is 0.482. The van der Waals surface area contributed by atoms with Gasteiger partial charge in [0, 0.05) is 17.3 Å². The number of sulfone groups is 1. The van der Waals surface area contributed by atoms with Gasteiger partial charge in [0.15, 0.2) is 9.84 Å². The van der Waals surface area contributed by atoms with Crippen molar-refractivity contribution in [3.63, 3.8) is 0 Å². The minimum atomic E-state index is -3.41. The smallest absolute Gasteiger partial charge is 0.177 e. The first kappa shape index (κ1) is 14.8. The second-order valence-corrected chi connectivity index (χ2v) is 7.12. The molecule has 114 valence electrons. The van der Waals surface area contributed by atoms with Gasteiger partial charge in [-0.05, 0) is 24.3 Å². The molecule has 0 radical (unpaired) electrons. The van der Waals surface area contributed by atoms with E-state index in [4.69, 9.17) is 16.3 Å². The lowest BCUT2D eigenvalue weighted by atomic mass is 10.2. The maximum absolute atomic E-state index is 13.3. The Hall–Kier alpha value is -2.12. The zero-order valence-corrected chi connectivity index (χ0v) is 12.9. The van der Waals surface area contributed by atoms with E-state index in [9.17, 15) is 12.8 Å². The van der Waals surface area contributed by atoms with Gasteiger partial charge in [-0.1, -0.05) is 11.6 Å². The third-order valence-electron chi connectivity index (χ3n) is 3.00. The van der Waals surface area contributed by atoms with Gasteiger partial charge in [0.05, 0.1) is 22.0 Å². The highest BCUT2D eigenvalue weighted by molar-refractivity contribution is 7.91. The van der Waals surface area contributed by atoms with Crippen LogP contribution < -0.4 is 4.74 Å². The van der Waals surface area contributed by atoms with Gasteiger partial charge < -0.3 is 4.74 Å². The molecule has 0 aliphatic rings. The maximum Gasteiger partial charge on any atom is 0.177 e. The van der Waals surface area contributed by atoms with Gasteiger partial charge in [-0.25, -0.2) is 12.8 Å². The van der Waals surface area contributed by atoms with Gasteiger partial charge in [0.1, 0.15) is 17.3 Å². The zero-order chi connectivity index (χ0) is 15.9. The van der Waals surface area contributed by atoms with Gasteiger partial charge >= 0.3 is 0 Å². The number of aromatic nitrogens is 2. The molecule has 22 heavy (non-hydrogen) atoms. The van der Waals surface area contributed by atoms with Crippen molar-refractivity contribution in [2.24, 2.45) is 0 Å². The standard InChI is InChI=1S/C14H10ClFN2O3S/c1-22(19,20)13-3-2-12(11-7-17-18-14(11)13)21-10-5-8(15)4-9(16)6-10/h2-7H,1H3,(H,17,18). The predicted octanol–water partition coefficient (Wildman–Crippen LogP) is 3.55. The Morgan fingerprint density at radius 1 is 1.27 bits per heavy atom. The highest BCUT2D eigenvalue weighted by Gasteiger charge is 2.17. The summed E-state index contributed by atoms with van der Waals surface area (Å²) in [7, 11) is -3.41. The quantitative estimate of drug-likeness (QED) is 0.791. The van der Waals surface area contributed by atoms with Gasteiger partial charge in [0.2, 0.25) is 0 Å². The Kier molecular flexibility index (Phi) is 3.54. The minimum Gasteiger partial charge on any atom is -0.456 e. The molecule has 0 aliphatic carbocycles. The molecule has 0 atom stereocenters. The van der Waals surface area contributed by atoms with E-state index >= 15 is 0 Å². The van der Waals surface area contributed by atoms with Crippen molar-refractivity contribution in [1.29, 1.82) is 0 Å². The van der Waals surface area contributed by atoms with Crippen LogP contribution in [0.2, 0.25) is 5.02 Å². The summed E-state index contributed by atoms with van der Waals surface area (Å²) in [5.41, 5.74) is 0.336. The minimum absolute atomic E-state index is 0.115. The lowest BCUT2D eigenvalue weighted by Gasteiger charge is -2.09. The Balaban J connectivity index is 2.11. The molecule has 0 fully saturated rings. The molecule has 1 heterocycles. The summed E-state index contributed by atoms with van der Waals surface area (Å²) < 4.78 is 42.4. The third kappa shape index (κ3) is 2.77. The molecule has 3 aromatic rings. The van der Waals surface area contributed by atoms with Crippen LogP contribution in [0.25, 0.3) is 10.9 Å². The summed E-state index contributed by atoms with van der Waals surface area (Å²) in [5.74, 6) is 0.0242. The molecule has 1 aromatic heterocycles. The lowest BCUT2D eigenvalue weighted by Crippen LogP contribution is -1.98. The molecule has 0 bridgehead atoms. The van der Waals surface area contributed by atoms with Crippen molar-refractivity contribution in [2.75, 3.05) is 6.26 Å². The Morgan fingerprint density at radius 2 is 2.05 bits per heavy atom. The molecule has 5 nitrogen and oxygen atoms in total. The van der Waals surface area contributed by atoms with Gasteiger partial charge in [0.25, 0.3) is 0 Å². The van der Waals surface area contributed by atoms with Crippen LogP contribution >= 0.6 is 11.6 Å². The van der Waals surface area contributed by atoms with E-state index in [1.807, 2.05) is 0 Å². The van der Waals surface area contributed by atoms with E-state index in [-0.39, 0.29) is 15.7 Å². The van der Waals surface area contributed by atoms with E-state index < -0.39 is 15.7 Å². The number of rotatable bonds is 3. The van der Waals surface area contributed by atoms with Crippen molar-refractivity contribution in [1.82, 2.24) is 10.2 Å². The summed E-state index contributed by atoms with van der Waals surface area (Å²) in [6.07, 6.45) is 2.55. The normalized spacial score (nSPS) is 11.8. The Morgan fingerprint density at radius 3 is 2.73 bits per heavy atom. The number of nitrogens with zero attached hydrogens (tertiary/aromatic N) is 1. The van der Waals surface area contributed by atoms with Crippen LogP contribution in [-0.2, 0) is 9.84 Å². The first-order valence-corrected chi connectivity index (χ1v) is 8.41. The maximum atomic E-state index is 13.3. The van der Waals surface area contributed by atoms with E-state index in [0.29, 0.717) is 16.7 Å². The number of nitrogens with one attached hydrogen (secondary N) is 1. The second-order valence-electron chi connectivity index (χ2n) is 4.70. The molecule has 2 aromatic carbocycles. The SMILES string of the molecule is CS(=O)(=O)c1ccc(Oc2cc(F)cc(Cl)c2)c2cn[nH]c12. The summed E-state index contributed by atoms with van der Waals surface area (Å²) in [6.45, 7) is 0. The topological polar surface area (TPSA) is 72.1 Å². The summed E-state index contributed by atoms with van der Waals surface area (Å²) in [5, 5.41) is 7.15. The number of fused-ring (bicyclic) bond motifs is 1. The molecular weight excluding hydrogens is 331 g/mol. The average Bonchev–Trinajstić information content (AvgIpc) is 2.85. The first-order chi connectivity index (χ1) is 10.3. The predicted molar refractivity (Wildman–Crippen MR) is 80.7 cm³/mol. The highest BCUT2D eigenvalue weighted by Crippen LogP contribution is 2.33. The first-order valence-electron chi connectivity index (χ1n) is 6.15. The number of ether oxygens (including phenoxy) is 1. The van der Waals surface area contributed by atoms with Crippen molar-refractivity contribution in [3.05, 3.63) is 47.4 Å². The number of benzene rings is 2. The van der Waals surface area contributed by atoms with E-state index in [1.54, 1.807) is 0 Å². The molecule has 0 saturated carbocycles. The summed E-state index contributed by atoms with van der Waals surface area (Å²) in [6, 6.07) is 6.71. The fourth-order valence-corrected chi connectivity index (χ4v) is 3.15. The van der Waals surface area contributed by atoms with Crippen molar-refractivity contribution >= 4 is 32.3 Å². The summed E-state index contributed by atoms with van der Waals surface area (Å²) in [4.78, 5) is 0.115. The van der Waals surface area contributed by atoms with E-state index in [2.05, 4.69) is 10.2 Å². The van der Waals surface area contributed by atoms with Gasteiger partial charge in [-0.3, -0.25) is 5.10 Å². The number of H-pyrrole nitrogens is 1. The highest BCUT2D eigenvalue weighted by atomic mass is 35.5. The van der Waals surface area contributed by atoms with Crippen molar-refractivity contribution < 1.29 is 17.5 Å². The van der Waals surface area contributed by atoms with Crippen LogP contribution in [0.4, 0.5) is 4.39 Å². The fourth-order valence-electron chi connectivity index (χ4n) is 2.10. The van der Waals surface area contributed by atoms with E-state index in [0.717, 1.165) is 12.3 Å². The van der Waals surface area contributed by atoms with Crippen LogP contribution in [0.3, 0.4) is 0 Å². The number of hydrogen-bond acceptors (Lipinski definition) is 4. The van der Waals surface area contributed by atoms with Crippen LogP contribution in [0.5, 0.6) is 11.5 Å². The molecule has 0 unspecified atom stereocenters.